The number of nitrogens with one attached hydrogen (secondary N) is 2. The first-order chi connectivity index (χ1) is 13.0. The smallest absolute Gasteiger partial charge is 0.328 e. The Balaban J connectivity index is 1.93. The second kappa shape index (κ2) is 9.86. The predicted molar refractivity (Wildman–Crippen MR) is 98.1 cm³/mol. The fraction of sp³-hybridized carbons (Fsp3) is 0.200. The SMILES string of the molecule is COC(=O)[C@@H](CC(=O)CNC(=O)c1ccccc1)NC(=O)c1ccccc1. The van der Waals surface area contributed by atoms with Crippen molar-refractivity contribution < 1.29 is 23.9 Å². The summed E-state index contributed by atoms with van der Waals surface area (Å²) in [6.07, 6.45) is -0.291. The van der Waals surface area contributed by atoms with E-state index in [0.29, 0.717) is 11.1 Å². The fourth-order valence-corrected chi connectivity index (χ4v) is 2.34. The van der Waals surface area contributed by atoms with E-state index in [4.69, 9.17) is 0 Å². The number of carbonyl (C=O) groups is 4. The minimum atomic E-state index is -1.14. The number of carbonyl (C=O) groups excluding carboxylic acids is 4. The Morgan fingerprint density at radius 2 is 1.37 bits per heavy atom. The van der Waals surface area contributed by atoms with Crippen molar-refractivity contribution in [2.75, 3.05) is 13.7 Å². The van der Waals surface area contributed by atoms with E-state index in [2.05, 4.69) is 15.4 Å². The molecule has 0 saturated carbocycles. The molecule has 0 aliphatic carbocycles. The van der Waals surface area contributed by atoms with Gasteiger partial charge in [0.2, 0.25) is 0 Å². The van der Waals surface area contributed by atoms with Gasteiger partial charge < -0.3 is 15.4 Å². The van der Waals surface area contributed by atoms with Gasteiger partial charge in [-0.3, -0.25) is 14.4 Å². The highest BCUT2D eigenvalue weighted by Gasteiger charge is 2.25. The zero-order chi connectivity index (χ0) is 19.6. The third-order valence-corrected chi connectivity index (χ3v) is 3.74. The molecule has 1 atom stereocenters. The molecular weight excluding hydrogens is 348 g/mol. The Morgan fingerprint density at radius 1 is 0.852 bits per heavy atom. The lowest BCUT2D eigenvalue weighted by atomic mass is 10.1. The number of ether oxygens (including phenoxy) is 1. The van der Waals surface area contributed by atoms with Crippen molar-refractivity contribution >= 4 is 23.6 Å². The summed E-state index contributed by atoms with van der Waals surface area (Å²) in [5.74, 6) is -2.04. The normalized spacial score (nSPS) is 11.1. The highest BCUT2D eigenvalue weighted by Crippen LogP contribution is 2.03. The van der Waals surface area contributed by atoms with Gasteiger partial charge in [0.25, 0.3) is 11.8 Å². The zero-order valence-electron chi connectivity index (χ0n) is 14.8. The highest BCUT2D eigenvalue weighted by atomic mass is 16.5. The minimum absolute atomic E-state index is 0.261. The van der Waals surface area contributed by atoms with Crippen molar-refractivity contribution in [3.8, 4) is 0 Å². The Kier molecular flexibility index (Phi) is 7.25. The second-order valence-corrected chi connectivity index (χ2v) is 5.71. The summed E-state index contributed by atoms with van der Waals surface area (Å²) >= 11 is 0. The van der Waals surface area contributed by atoms with Gasteiger partial charge in [-0.1, -0.05) is 36.4 Å². The first kappa shape index (κ1) is 19.8. The molecule has 2 N–H and O–H groups in total. The third kappa shape index (κ3) is 6.07. The number of benzene rings is 2. The molecule has 0 aliphatic heterocycles. The van der Waals surface area contributed by atoms with Crippen molar-refractivity contribution in [1.82, 2.24) is 10.6 Å². The van der Waals surface area contributed by atoms with Gasteiger partial charge in [0.1, 0.15) is 6.04 Å². The van der Waals surface area contributed by atoms with E-state index in [1.807, 2.05) is 0 Å². The molecule has 27 heavy (non-hydrogen) atoms. The van der Waals surface area contributed by atoms with Crippen LogP contribution in [0, 0.1) is 0 Å². The first-order valence-corrected chi connectivity index (χ1v) is 8.30. The van der Waals surface area contributed by atoms with Crippen molar-refractivity contribution in [3.05, 3.63) is 71.8 Å². The number of amides is 2. The number of hydrogen-bond acceptors (Lipinski definition) is 5. The lowest BCUT2D eigenvalue weighted by Crippen LogP contribution is -2.44. The molecular formula is C20H20N2O5. The van der Waals surface area contributed by atoms with Crippen LogP contribution < -0.4 is 10.6 Å². The number of esters is 1. The van der Waals surface area contributed by atoms with Crippen LogP contribution in [-0.4, -0.2) is 43.3 Å². The van der Waals surface area contributed by atoms with Crippen LogP contribution in [0.3, 0.4) is 0 Å². The highest BCUT2D eigenvalue weighted by molar-refractivity contribution is 5.99. The molecule has 0 radical (unpaired) electrons. The summed E-state index contributed by atoms with van der Waals surface area (Å²) in [6.45, 7) is -0.261. The molecule has 7 heteroatoms. The van der Waals surface area contributed by atoms with Crippen LogP contribution in [-0.2, 0) is 14.3 Å². The molecule has 2 amide bonds. The van der Waals surface area contributed by atoms with E-state index in [0.717, 1.165) is 0 Å². The standard InChI is InChI=1S/C20H20N2O5/c1-27-20(26)17(22-19(25)15-10-6-3-7-11-15)12-16(23)13-21-18(24)14-8-4-2-5-9-14/h2-11,17H,12-13H2,1H3,(H,21,24)(H,22,25)/t17-/m1/s1. The zero-order valence-corrected chi connectivity index (χ0v) is 14.8. The van der Waals surface area contributed by atoms with Crippen LogP contribution in [0.25, 0.3) is 0 Å². The van der Waals surface area contributed by atoms with Crippen LogP contribution in [0.4, 0.5) is 0 Å². The van der Waals surface area contributed by atoms with E-state index in [9.17, 15) is 19.2 Å². The predicted octanol–water partition coefficient (Wildman–Crippen LogP) is 1.35. The molecule has 0 fully saturated rings. The van der Waals surface area contributed by atoms with Crippen molar-refractivity contribution in [2.24, 2.45) is 0 Å². The molecule has 2 aromatic carbocycles. The Labute approximate surface area is 156 Å². The summed E-state index contributed by atoms with van der Waals surface area (Å²) in [7, 11) is 1.17. The largest absolute Gasteiger partial charge is 0.467 e. The van der Waals surface area contributed by atoms with Gasteiger partial charge in [0.05, 0.1) is 13.7 Å². The van der Waals surface area contributed by atoms with Crippen LogP contribution >= 0.6 is 0 Å². The summed E-state index contributed by atoms with van der Waals surface area (Å²) in [5.41, 5.74) is 0.781. The van der Waals surface area contributed by atoms with Gasteiger partial charge in [-0.2, -0.15) is 0 Å². The molecule has 0 saturated heterocycles. The van der Waals surface area contributed by atoms with Gasteiger partial charge in [-0.15, -0.1) is 0 Å². The quantitative estimate of drug-likeness (QED) is 0.685. The van der Waals surface area contributed by atoms with E-state index in [-0.39, 0.29) is 13.0 Å². The molecule has 0 bridgehead atoms. The number of rotatable bonds is 8. The van der Waals surface area contributed by atoms with Gasteiger partial charge in [0, 0.05) is 17.5 Å². The Hall–Kier alpha value is -3.48. The maximum absolute atomic E-state index is 12.2. The molecule has 2 aromatic rings. The maximum Gasteiger partial charge on any atom is 0.328 e. The van der Waals surface area contributed by atoms with Gasteiger partial charge >= 0.3 is 5.97 Å². The summed E-state index contributed by atoms with van der Waals surface area (Å²) in [6, 6.07) is 15.6. The average molecular weight is 368 g/mol. The summed E-state index contributed by atoms with van der Waals surface area (Å²) < 4.78 is 4.65. The molecule has 140 valence electrons. The number of hydrogen-bond donors (Lipinski definition) is 2. The lowest BCUT2D eigenvalue weighted by Gasteiger charge is -2.16. The van der Waals surface area contributed by atoms with E-state index < -0.39 is 29.6 Å². The van der Waals surface area contributed by atoms with Gasteiger partial charge in [-0.25, -0.2) is 4.79 Å². The number of methoxy groups -OCH3 is 1. The molecule has 2 rings (SSSR count). The fourth-order valence-electron chi connectivity index (χ4n) is 2.34. The van der Waals surface area contributed by atoms with Crippen LogP contribution in [0.2, 0.25) is 0 Å². The minimum Gasteiger partial charge on any atom is -0.467 e. The molecule has 0 heterocycles. The summed E-state index contributed by atoms with van der Waals surface area (Å²) in [5, 5.41) is 4.98. The molecule has 0 aliphatic rings. The molecule has 7 nitrogen and oxygen atoms in total. The van der Waals surface area contributed by atoms with E-state index in [1.165, 1.54) is 7.11 Å². The number of Topliss-reactive ketones (excluding diaryl/α,β-unsaturated/α-hetero) is 1. The third-order valence-electron chi connectivity index (χ3n) is 3.74. The Morgan fingerprint density at radius 3 is 1.89 bits per heavy atom. The topological polar surface area (TPSA) is 102 Å². The van der Waals surface area contributed by atoms with Gasteiger partial charge in [-0.05, 0) is 24.3 Å². The summed E-state index contributed by atoms with van der Waals surface area (Å²) in [4.78, 5) is 48.2. The lowest BCUT2D eigenvalue weighted by molar-refractivity contribution is -0.144. The van der Waals surface area contributed by atoms with Crippen molar-refractivity contribution in [2.45, 2.75) is 12.5 Å². The molecule has 0 aromatic heterocycles. The van der Waals surface area contributed by atoms with Crippen LogP contribution in [0.5, 0.6) is 0 Å². The van der Waals surface area contributed by atoms with Gasteiger partial charge in [0.15, 0.2) is 5.78 Å². The van der Waals surface area contributed by atoms with Crippen LogP contribution in [0.15, 0.2) is 60.7 Å². The van der Waals surface area contributed by atoms with E-state index >= 15 is 0 Å². The van der Waals surface area contributed by atoms with Crippen LogP contribution in [0.1, 0.15) is 27.1 Å². The van der Waals surface area contributed by atoms with E-state index in [1.54, 1.807) is 60.7 Å². The van der Waals surface area contributed by atoms with Crippen molar-refractivity contribution in [3.63, 3.8) is 0 Å². The molecule has 0 spiro atoms. The Bertz CT molecular complexity index is 806. The maximum atomic E-state index is 12.2. The monoisotopic (exact) mass is 368 g/mol. The first-order valence-electron chi connectivity index (χ1n) is 8.30. The average Bonchev–Trinajstić information content (AvgIpc) is 2.72. The van der Waals surface area contributed by atoms with Crippen molar-refractivity contribution in [1.29, 1.82) is 0 Å². The molecule has 0 unspecified atom stereocenters. The second-order valence-electron chi connectivity index (χ2n) is 5.71. The number of ketones is 1.